The Balaban J connectivity index is 1.47. The number of pyridine rings is 1. The molecule has 0 spiro atoms. The van der Waals surface area contributed by atoms with Gasteiger partial charge in [0.05, 0.1) is 34.3 Å². The molecule has 2 aliphatic carbocycles. The maximum atomic E-state index is 14.5. The molecule has 194 valence electrons. The number of aromatic nitrogens is 5. The number of halogens is 2. The number of benzene rings is 1. The van der Waals surface area contributed by atoms with Crippen molar-refractivity contribution in [3.8, 4) is 22.6 Å². The molecule has 6 rings (SSSR count). The van der Waals surface area contributed by atoms with Crippen molar-refractivity contribution in [2.24, 2.45) is 5.41 Å². The Kier molecular flexibility index (Phi) is 5.36. The molecule has 3 heterocycles. The monoisotopic (exact) mass is 534 g/mol. The van der Waals surface area contributed by atoms with Gasteiger partial charge in [0.15, 0.2) is 5.82 Å². The number of nitrogens with zero attached hydrogens (tertiary/aromatic N) is 5. The minimum atomic E-state index is -3.50. The molecule has 0 amide bonds. The molecule has 2 bridgehead atoms. The summed E-state index contributed by atoms with van der Waals surface area (Å²) in [7, 11) is -3.50. The van der Waals surface area contributed by atoms with Crippen LogP contribution in [-0.4, -0.2) is 39.8 Å². The minimum absolute atomic E-state index is 0.103. The first-order valence-corrected chi connectivity index (χ1v) is 14.0. The predicted molar refractivity (Wildman–Crippen MR) is 138 cm³/mol. The van der Waals surface area contributed by atoms with Gasteiger partial charge in [0, 0.05) is 18.0 Å². The summed E-state index contributed by atoms with van der Waals surface area (Å²) in [6.07, 6.45) is 5.87. The molecule has 0 radical (unpaired) electrons. The van der Waals surface area contributed by atoms with Crippen LogP contribution in [0.5, 0.6) is 0 Å². The van der Waals surface area contributed by atoms with Crippen molar-refractivity contribution in [2.45, 2.75) is 38.0 Å². The Morgan fingerprint density at radius 3 is 2.47 bits per heavy atom. The summed E-state index contributed by atoms with van der Waals surface area (Å²) in [5, 5.41) is 8.85. The van der Waals surface area contributed by atoms with Gasteiger partial charge in [-0.05, 0) is 66.1 Å². The molecule has 8 nitrogen and oxygen atoms in total. The molecule has 0 aliphatic heterocycles. The van der Waals surface area contributed by atoms with E-state index in [4.69, 9.17) is 4.98 Å². The molecule has 38 heavy (non-hydrogen) atoms. The number of hydrogen-bond acceptors (Lipinski definition) is 7. The average molecular weight is 535 g/mol. The number of anilines is 1. The number of rotatable bonds is 5. The van der Waals surface area contributed by atoms with Gasteiger partial charge < -0.3 is 0 Å². The number of nitrogens with one attached hydrogen (secondary N) is 1. The lowest BCUT2D eigenvalue weighted by Crippen LogP contribution is -2.38. The minimum Gasteiger partial charge on any atom is -0.268 e. The van der Waals surface area contributed by atoms with Gasteiger partial charge in [-0.25, -0.2) is 32.2 Å². The summed E-state index contributed by atoms with van der Waals surface area (Å²) < 4.78 is 54.8. The van der Waals surface area contributed by atoms with E-state index < -0.39 is 27.1 Å². The molecule has 1 fully saturated rings. The van der Waals surface area contributed by atoms with Gasteiger partial charge in [0.2, 0.25) is 10.0 Å². The largest absolute Gasteiger partial charge is 0.268 e. The lowest BCUT2D eigenvalue weighted by Gasteiger charge is -2.37. The van der Waals surface area contributed by atoms with E-state index in [9.17, 15) is 17.2 Å². The van der Waals surface area contributed by atoms with Gasteiger partial charge >= 0.3 is 0 Å². The Hall–Kier alpha value is -3.86. The molecule has 4 aromatic rings. The Morgan fingerprint density at radius 1 is 1.00 bits per heavy atom. The highest BCUT2D eigenvalue weighted by atomic mass is 32.2. The van der Waals surface area contributed by atoms with E-state index in [0.717, 1.165) is 36.0 Å². The van der Waals surface area contributed by atoms with E-state index in [1.165, 1.54) is 24.4 Å². The summed E-state index contributed by atoms with van der Waals surface area (Å²) in [4.78, 5) is 13.4. The van der Waals surface area contributed by atoms with Crippen LogP contribution in [0.15, 0.2) is 54.9 Å². The Morgan fingerprint density at radius 2 is 1.74 bits per heavy atom. The van der Waals surface area contributed by atoms with Gasteiger partial charge in [-0.2, -0.15) is 5.10 Å². The van der Waals surface area contributed by atoms with Gasteiger partial charge in [-0.3, -0.25) is 4.72 Å². The van der Waals surface area contributed by atoms with Crippen LogP contribution < -0.4 is 4.72 Å². The third kappa shape index (κ3) is 3.59. The van der Waals surface area contributed by atoms with E-state index in [2.05, 4.69) is 38.7 Å². The summed E-state index contributed by atoms with van der Waals surface area (Å²) >= 11 is 0. The molecule has 0 unspecified atom stereocenters. The second-order valence-corrected chi connectivity index (χ2v) is 12.2. The highest BCUT2D eigenvalue weighted by Gasteiger charge is 2.65. The van der Waals surface area contributed by atoms with Gasteiger partial charge in [-0.1, -0.05) is 19.9 Å². The fourth-order valence-corrected chi connectivity index (χ4v) is 6.80. The fourth-order valence-electron chi connectivity index (χ4n) is 6.31. The molecular weight excluding hydrogens is 510 g/mol. The highest BCUT2D eigenvalue weighted by molar-refractivity contribution is 7.92. The first-order chi connectivity index (χ1) is 18.0. The zero-order chi connectivity index (χ0) is 26.9. The predicted octanol–water partition coefficient (Wildman–Crippen LogP) is 4.85. The number of fused-ring (bicyclic) bond motifs is 5. The van der Waals surface area contributed by atoms with Gasteiger partial charge in [0.25, 0.3) is 0 Å². The lowest BCUT2D eigenvalue weighted by molar-refractivity contribution is 0.243. The summed E-state index contributed by atoms with van der Waals surface area (Å²) in [6.45, 7) is 4.33. The maximum absolute atomic E-state index is 14.5. The van der Waals surface area contributed by atoms with Crippen molar-refractivity contribution in [3.63, 3.8) is 0 Å². The van der Waals surface area contributed by atoms with E-state index in [1.54, 1.807) is 24.4 Å². The Bertz CT molecular complexity index is 1690. The third-order valence-corrected chi connectivity index (χ3v) is 8.58. The van der Waals surface area contributed by atoms with Crippen LogP contribution in [0.3, 0.4) is 0 Å². The van der Waals surface area contributed by atoms with Crippen LogP contribution >= 0.6 is 0 Å². The van der Waals surface area contributed by atoms with Gasteiger partial charge in [-0.15, -0.1) is 5.10 Å². The van der Waals surface area contributed by atoms with Crippen LogP contribution in [0.2, 0.25) is 0 Å². The summed E-state index contributed by atoms with van der Waals surface area (Å²) in [6, 6.07) is 10.7. The van der Waals surface area contributed by atoms with Crippen LogP contribution in [0.4, 0.5) is 14.6 Å². The molecule has 1 saturated carbocycles. The molecular formula is C27H24F2N6O2S. The van der Waals surface area contributed by atoms with Crippen molar-refractivity contribution in [2.75, 3.05) is 11.0 Å². The van der Waals surface area contributed by atoms with Crippen molar-refractivity contribution in [1.29, 1.82) is 0 Å². The van der Waals surface area contributed by atoms with Crippen LogP contribution in [-0.2, 0) is 15.4 Å². The van der Waals surface area contributed by atoms with Crippen molar-refractivity contribution in [1.82, 2.24) is 25.1 Å². The zero-order valence-corrected chi connectivity index (χ0v) is 21.7. The first kappa shape index (κ1) is 24.5. The van der Waals surface area contributed by atoms with Crippen molar-refractivity contribution in [3.05, 3.63) is 83.4 Å². The van der Waals surface area contributed by atoms with Crippen LogP contribution in [0.25, 0.3) is 22.6 Å². The normalized spacial score (nSPS) is 21.3. The van der Waals surface area contributed by atoms with Crippen LogP contribution in [0, 0.1) is 17.0 Å². The molecule has 3 aromatic heterocycles. The fraction of sp³-hybridized carbons (Fsp3) is 0.296. The summed E-state index contributed by atoms with van der Waals surface area (Å²) in [5.41, 5.74) is 2.17. The lowest BCUT2D eigenvalue weighted by atomic mass is 9.66. The molecule has 1 aromatic carbocycles. The van der Waals surface area contributed by atoms with Crippen LogP contribution in [0.1, 0.15) is 49.6 Å². The summed E-state index contributed by atoms with van der Waals surface area (Å²) in [5.74, 6) is -0.672. The third-order valence-electron chi connectivity index (χ3n) is 8.00. The second kappa shape index (κ2) is 8.32. The molecule has 1 N–H and O–H groups in total. The standard InChI is InChI=1S/C27H24F2N6O2S/c1-26(2)17-7-10-27(26,24-16(17)14-20(33-34-24)23-18(28)5-4-6-19(23)29)21-9-12-31-25(32-21)15-8-11-30-22(13-15)35-38(3,36)37/h4-6,8-9,11-14,17H,7,10H2,1-3H3,(H,30,35)/t17-,27+/m0/s1. The molecule has 2 atom stereocenters. The topological polar surface area (TPSA) is 111 Å². The smallest absolute Gasteiger partial charge is 0.230 e. The van der Waals surface area contributed by atoms with E-state index in [0.29, 0.717) is 11.4 Å². The number of sulfonamides is 1. The highest BCUT2D eigenvalue weighted by Crippen LogP contribution is 2.69. The number of hydrogen-bond donors (Lipinski definition) is 1. The quantitative estimate of drug-likeness (QED) is 0.390. The van der Waals surface area contributed by atoms with E-state index in [1.807, 2.05) is 6.07 Å². The van der Waals surface area contributed by atoms with Crippen molar-refractivity contribution >= 4 is 15.8 Å². The van der Waals surface area contributed by atoms with E-state index >= 15 is 0 Å². The zero-order valence-electron chi connectivity index (χ0n) is 20.9. The molecule has 2 aliphatic rings. The molecule has 11 heteroatoms. The van der Waals surface area contributed by atoms with Crippen molar-refractivity contribution < 1.29 is 17.2 Å². The Labute approximate surface area is 218 Å². The second-order valence-electron chi connectivity index (χ2n) is 10.4. The average Bonchev–Trinajstić information content (AvgIpc) is 3.24. The SMILES string of the molecule is CC1(C)[C@H]2CC[C@@]1(c1ccnc(-c3ccnc(NS(C)(=O)=O)c3)n1)c1nnc(-c3c(F)cccc3F)cc12. The first-order valence-electron chi connectivity index (χ1n) is 12.1. The van der Waals surface area contributed by atoms with E-state index in [-0.39, 0.29) is 28.4 Å². The maximum Gasteiger partial charge on any atom is 0.230 e. The molecule has 0 saturated heterocycles. The van der Waals surface area contributed by atoms with Gasteiger partial charge in [0.1, 0.15) is 17.5 Å².